The summed E-state index contributed by atoms with van der Waals surface area (Å²) in [5.74, 6) is -0.225. The molecule has 108 valence electrons. The van der Waals surface area contributed by atoms with Crippen LogP contribution in [-0.2, 0) is 11.2 Å². The van der Waals surface area contributed by atoms with Crippen molar-refractivity contribution in [3.63, 3.8) is 0 Å². The van der Waals surface area contributed by atoms with Gasteiger partial charge in [-0.15, -0.1) is 0 Å². The third-order valence-electron chi connectivity index (χ3n) is 4.58. The number of halogens is 1. The molecule has 0 aromatic heterocycles. The highest BCUT2D eigenvalue weighted by atomic mass is 19.1. The predicted molar refractivity (Wildman–Crippen MR) is 75.9 cm³/mol. The monoisotopic (exact) mass is 276 g/mol. The molecule has 1 amide bonds. The molecule has 1 aliphatic carbocycles. The van der Waals surface area contributed by atoms with Crippen LogP contribution in [0.4, 0.5) is 4.39 Å². The van der Waals surface area contributed by atoms with E-state index < -0.39 is 0 Å². The average molecular weight is 276 g/mol. The number of carbonyl (C=O) groups is 1. The Hall–Kier alpha value is -1.42. The highest BCUT2D eigenvalue weighted by molar-refractivity contribution is 5.78. The lowest BCUT2D eigenvalue weighted by atomic mass is 9.70. The summed E-state index contributed by atoms with van der Waals surface area (Å²) in [4.78, 5) is 12.1. The van der Waals surface area contributed by atoms with Crippen LogP contribution >= 0.6 is 0 Å². The molecule has 3 nitrogen and oxygen atoms in total. The van der Waals surface area contributed by atoms with Gasteiger partial charge in [0, 0.05) is 11.6 Å². The van der Waals surface area contributed by atoms with Gasteiger partial charge in [-0.3, -0.25) is 4.79 Å². The fourth-order valence-electron chi connectivity index (χ4n) is 3.33. The second kappa shape index (κ2) is 5.52. The van der Waals surface area contributed by atoms with Crippen LogP contribution in [-0.4, -0.2) is 24.0 Å². The Bertz CT molecular complexity index is 482. The SMILES string of the molecule is O=C(Cc1ccc(F)cc1)NC1CCNC2(CCC2)C1. The molecule has 2 aliphatic rings. The Morgan fingerprint density at radius 2 is 2.10 bits per heavy atom. The minimum absolute atomic E-state index is 0.0398. The summed E-state index contributed by atoms with van der Waals surface area (Å²) < 4.78 is 12.8. The van der Waals surface area contributed by atoms with Gasteiger partial charge in [-0.1, -0.05) is 12.1 Å². The van der Waals surface area contributed by atoms with Gasteiger partial charge in [0.2, 0.25) is 5.91 Å². The lowest BCUT2D eigenvalue weighted by Gasteiger charge is -2.48. The molecule has 0 bridgehead atoms. The van der Waals surface area contributed by atoms with Crippen molar-refractivity contribution in [1.82, 2.24) is 10.6 Å². The summed E-state index contributed by atoms with van der Waals surface area (Å²) in [5.41, 5.74) is 1.16. The summed E-state index contributed by atoms with van der Waals surface area (Å²) in [6, 6.07) is 6.42. The van der Waals surface area contributed by atoms with E-state index in [1.807, 2.05) is 0 Å². The molecule has 0 radical (unpaired) electrons. The molecular formula is C16H21FN2O. The van der Waals surface area contributed by atoms with Crippen LogP contribution in [0, 0.1) is 5.82 Å². The van der Waals surface area contributed by atoms with Crippen LogP contribution in [0.15, 0.2) is 24.3 Å². The van der Waals surface area contributed by atoms with Gasteiger partial charge in [-0.25, -0.2) is 4.39 Å². The molecule has 4 heteroatoms. The second-order valence-electron chi connectivity index (χ2n) is 6.12. The lowest BCUT2D eigenvalue weighted by Crippen LogP contribution is -2.59. The normalized spacial score (nSPS) is 24.1. The Labute approximate surface area is 118 Å². The van der Waals surface area contributed by atoms with Crippen LogP contribution in [0.5, 0.6) is 0 Å². The fourth-order valence-corrected chi connectivity index (χ4v) is 3.33. The average Bonchev–Trinajstić information content (AvgIpc) is 2.40. The smallest absolute Gasteiger partial charge is 0.224 e. The fraction of sp³-hybridized carbons (Fsp3) is 0.562. The summed E-state index contributed by atoms with van der Waals surface area (Å²) in [5, 5.41) is 6.73. The van der Waals surface area contributed by atoms with Crippen molar-refractivity contribution in [2.45, 2.75) is 50.1 Å². The molecule has 1 aliphatic heterocycles. The lowest BCUT2D eigenvalue weighted by molar-refractivity contribution is -0.121. The first kappa shape index (κ1) is 13.6. The van der Waals surface area contributed by atoms with E-state index in [2.05, 4.69) is 10.6 Å². The minimum Gasteiger partial charge on any atom is -0.353 e. The maximum absolute atomic E-state index is 12.8. The van der Waals surface area contributed by atoms with Gasteiger partial charge in [0.1, 0.15) is 5.82 Å². The van der Waals surface area contributed by atoms with E-state index in [9.17, 15) is 9.18 Å². The molecule has 20 heavy (non-hydrogen) atoms. The zero-order valence-corrected chi connectivity index (χ0v) is 11.6. The highest BCUT2D eigenvalue weighted by Crippen LogP contribution is 2.38. The molecular weight excluding hydrogens is 255 g/mol. The van der Waals surface area contributed by atoms with Crippen molar-refractivity contribution in [2.75, 3.05) is 6.54 Å². The van der Waals surface area contributed by atoms with Crippen LogP contribution in [0.25, 0.3) is 0 Å². The van der Waals surface area contributed by atoms with Crippen molar-refractivity contribution < 1.29 is 9.18 Å². The minimum atomic E-state index is -0.264. The number of rotatable bonds is 3. The third-order valence-corrected chi connectivity index (χ3v) is 4.58. The highest BCUT2D eigenvalue weighted by Gasteiger charge is 2.41. The van der Waals surface area contributed by atoms with Gasteiger partial charge in [0.05, 0.1) is 6.42 Å². The molecule has 3 rings (SSSR count). The maximum atomic E-state index is 12.8. The number of benzene rings is 1. The number of hydrogen-bond acceptors (Lipinski definition) is 2. The topological polar surface area (TPSA) is 41.1 Å². The molecule has 1 unspecified atom stereocenters. The Morgan fingerprint density at radius 1 is 1.35 bits per heavy atom. The van der Waals surface area contributed by atoms with Crippen LogP contribution in [0.3, 0.4) is 0 Å². The number of nitrogens with one attached hydrogen (secondary N) is 2. The predicted octanol–water partition coefficient (Wildman–Crippen LogP) is 2.16. The van der Waals surface area contributed by atoms with Gasteiger partial charge in [-0.2, -0.15) is 0 Å². The van der Waals surface area contributed by atoms with Crippen molar-refractivity contribution >= 4 is 5.91 Å². The quantitative estimate of drug-likeness (QED) is 0.888. The van der Waals surface area contributed by atoms with Gasteiger partial charge < -0.3 is 10.6 Å². The van der Waals surface area contributed by atoms with Crippen LogP contribution < -0.4 is 10.6 Å². The van der Waals surface area contributed by atoms with Crippen LogP contribution in [0.1, 0.15) is 37.7 Å². The zero-order valence-electron chi connectivity index (χ0n) is 11.6. The van der Waals surface area contributed by atoms with Crippen molar-refractivity contribution in [3.05, 3.63) is 35.6 Å². The molecule has 1 saturated heterocycles. The zero-order chi connectivity index (χ0) is 14.0. The van der Waals surface area contributed by atoms with Crippen molar-refractivity contribution in [3.8, 4) is 0 Å². The first-order valence-corrected chi connectivity index (χ1v) is 7.44. The molecule has 1 aromatic rings. The summed E-state index contributed by atoms with van der Waals surface area (Å²) in [6.45, 7) is 0.988. The van der Waals surface area contributed by atoms with Crippen molar-refractivity contribution in [1.29, 1.82) is 0 Å². The Balaban J connectivity index is 1.52. The summed E-state index contributed by atoms with van der Waals surface area (Å²) >= 11 is 0. The van der Waals surface area contributed by atoms with Crippen LogP contribution in [0.2, 0.25) is 0 Å². The standard InChI is InChI=1S/C16H21FN2O/c17-13-4-2-12(3-5-13)10-15(20)19-14-6-9-18-16(11-14)7-1-8-16/h2-5,14,18H,1,6-11H2,(H,19,20). The number of hydrogen-bond donors (Lipinski definition) is 2. The molecule has 1 aromatic carbocycles. The number of amides is 1. The van der Waals surface area contributed by atoms with Gasteiger partial charge >= 0.3 is 0 Å². The molecule has 2 fully saturated rings. The van der Waals surface area contributed by atoms with E-state index in [1.165, 1.54) is 31.4 Å². The first-order valence-electron chi connectivity index (χ1n) is 7.44. The number of piperidine rings is 1. The van der Waals surface area contributed by atoms with E-state index in [0.29, 0.717) is 12.0 Å². The van der Waals surface area contributed by atoms with Gasteiger partial charge in [0.15, 0.2) is 0 Å². The summed E-state index contributed by atoms with van der Waals surface area (Å²) in [6.07, 6.45) is 6.13. The summed E-state index contributed by atoms with van der Waals surface area (Å²) in [7, 11) is 0. The maximum Gasteiger partial charge on any atom is 0.224 e. The molecule has 1 heterocycles. The third kappa shape index (κ3) is 3.01. The van der Waals surface area contributed by atoms with E-state index in [1.54, 1.807) is 12.1 Å². The van der Waals surface area contributed by atoms with Gasteiger partial charge in [-0.05, 0) is 56.3 Å². The Morgan fingerprint density at radius 3 is 2.75 bits per heavy atom. The van der Waals surface area contributed by atoms with E-state index >= 15 is 0 Å². The van der Waals surface area contributed by atoms with E-state index in [-0.39, 0.29) is 17.8 Å². The molecule has 1 spiro atoms. The largest absolute Gasteiger partial charge is 0.353 e. The van der Waals surface area contributed by atoms with E-state index in [4.69, 9.17) is 0 Å². The first-order chi connectivity index (χ1) is 9.65. The molecule has 1 saturated carbocycles. The Kier molecular flexibility index (Phi) is 3.74. The van der Waals surface area contributed by atoms with Crippen molar-refractivity contribution in [2.24, 2.45) is 0 Å². The second-order valence-corrected chi connectivity index (χ2v) is 6.12. The molecule has 2 N–H and O–H groups in total. The van der Waals surface area contributed by atoms with Gasteiger partial charge in [0.25, 0.3) is 0 Å². The van der Waals surface area contributed by atoms with E-state index in [0.717, 1.165) is 24.9 Å². The molecule has 1 atom stereocenters. The number of carbonyl (C=O) groups excluding carboxylic acids is 1.